The van der Waals surface area contributed by atoms with Crippen LogP contribution in [0.3, 0.4) is 0 Å². The van der Waals surface area contributed by atoms with Gasteiger partial charge in [0.1, 0.15) is 12.4 Å². The van der Waals surface area contributed by atoms with Crippen molar-refractivity contribution < 1.29 is 4.57 Å². The fourth-order valence-corrected chi connectivity index (χ4v) is 5.97. The molecule has 0 N–H and O–H groups in total. The quantitative estimate of drug-likeness (QED) is 0.0689. The van der Waals surface area contributed by atoms with Crippen molar-refractivity contribution in [2.75, 3.05) is 0 Å². The number of aromatic nitrogens is 2. The molecule has 0 saturated heterocycles. The Morgan fingerprint density at radius 3 is 1.26 bits per heavy atom. The molecular formula is C36H71N2+. The van der Waals surface area contributed by atoms with Gasteiger partial charge >= 0.3 is 0 Å². The lowest BCUT2D eigenvalue weighted by Crippen LogP contribution is -2.37. The number of imidazole rings is 1. The minimum Gasteiger partial charge on any atom is -0.234 e. The van der Waals surface area contributed by atoms with Crippen molar-refractivity contribution in [3.63, 3.8) is 0 Å². The van der Waals surface area contributed by atoms with Crippen LogP contribution in [-0.4, -0.2) is 4.57 Å². The molecule has 0 aromatic carbocycles. The van der Waals surface area contributed by atoms with Crippen molar-refractivity contribution in [3.05, 3.63) is 18.2 Å². The number of nitrogens with zero attached hydrogens (tertiary/aromatic N) is 2. The van der Waals surface area contributed by atoms with E-state index in [0.29, 0.717) is 0 Å². The normalized spacial score (nSPS) is 11.6. The molecule has 1 heterocycles. The summed E-state index contributed by atoms with van der Waals surface area (Å²) in [5.74, 6) is 1.61. The second-order valence-electron chi connectivity index (χ2n) is 12.3. The molecule has 0 bridgehead atoms. The molecule has 0 radical (unpaired) electrons. The van der Waals surface area contributed by atoms with E-state index in [1.807, 2.05) is 0 Å². The molecule has 0 atom stereocenters. The van der Waals surface area contributed by atoms with Crippen LogP contribution in [0.1, 0.15) is 200 Å². The summed E-state index contributed by atoms with van der Waals surface area (Å²) in [6.45, 7) is 9.39. The Hall–Kier alpha value is -0.790. The third kappa shape index (κ3) is 20.2. The van der Waals surface area contributed by atoms with Crippen LogP contribution < -0.4 is 4.57 Å². The van der Waals surface area contributed by atoms with Gasteiger partial charge in [-0.3, -0.25) is 0 Å². The van der Waals surface area contributed by atoms with Gasteiger partial charge in [0.2, 0.25) is 0 Å². The third-order valence-electron chi connectivity index (χ3n) is 8.60. The first-order valence-corrected chi connectivity index (χ1v) is 17.9. The Kier molecular flexibility index (Phi) is 25.7. The van der Waals surface area contributed by atoms with Crippen LogP contribution in [0.25, 0.3) is 0 Å². The van der Waals surface area contributed by atoms with Crippen molar-refractivity contribution in [3.8, 4) is 0 Å². The summed E-state index contributed by atoms with van der Waals surface area (Å²) in [4.78, 5) is 0. The average molecular weight is 532 g/mol. The number of hydrogen-bond acceptors (Lipinski definition) is 0. The van der Waals surface area contributed by atoms with Gasteiger partial charge in [0.05, 0.1) is 13.1 Å². The van der Waals surface area contributed by atoms with Crippen molar-refractivity contribution in [1.29, 1.82) is 0 Å². The molecule has 0 aliphatic carbocycles. The van der Waals surface area contributed by atoms with E-state index in [4.69, 9.17) is 0 Å². The zero-order valence-corrected chi connectivity index (χ0v) is 26.8. The highest BCUT2D eigenvalue weighted by molar-refractivity contribution is 4.84. The zero-order chi connectivity index (χ0) is 27.4. The largest absolute Gasteiger partial charge is 0.256 e. The summed E-state index contributed by atoms with van der Waals surface area (Å²) in [5.41, 5.74) is 0. The monoisotopic (exact) mass is 532 g/mol. The predicted octanol–water partition coefficient (Wildman–Crippen LogP) is 11.9. The van der Waals surface area contributed by atoms with Gasteiger partial charge in [0, 0.05) is 6.42 Å². The summed E-state index contributed by atoms with van der Waals surface area (Å²) >= 11 is 0. The van der Waals surface area contributed by atoms with Crippen molar-refractivity contribution in [1.82, 2.24) is 4.57 Å². The highest BCUT2D eigenvalue weighted by Crippen LogP contribution is 2.15. The summed E-state index contributed by atoms with van der Waals surface area (Å²) in [5, 5.41) is 0. The molecule has 0 fully saturated rings. The maximum absolute atomic E-state index is 2.62. The number of rotatable bonds is 30. The smallest absolute Gasteiger partial charge is 0.234 e. The Bertz CT molecular complexity index is 590. The van der Waals surface area contributed by atoms with Gasteiger partial charge < -0.3 is 0 Å². The summed E-state index contributed by atoms with van der Waals surface area (Å²) in [7, 11) is 0. The van der Waals surface area contributed by atoms with E-state index in [2.05, 4.69) is 42.3 Å². The fourth-order valence-electron chi connectivity index (χ4n) is 5.97. The van der Waals surface area contributed by atoms with E-state index in [1.54, 1.807) is 5.82 Å². The molecule has 0 aliphatic rings. The maximum atomic E-state index is 2.62. The molecule has 2 heteroatoms. The molecule has 38 heavy (non-hydrogen) atoms. The van der Waals surface area contributed by atoms with Crippen molar-refractivity contribution in [2.45, 2.75) is 214 Å². The molecule has 2 nitrogen and oxygen atoms in total. The van der Waals surface area contributed by atoms with Crippen LogP contribution >= 0.6 is 0 Å². The van der Waals surface area contributed by atoms with E-state index in [1.165, 1.54) is 193 Å². The van der Waals surface area contributed by atoms with E-state index in [9.17, 15) is 0 Å². The average Bonchev–Trinajstić information content (AvgIpc) is 3.31. The Morgan fingerprint density at radius 2 is 0.816 bits per heavy atom. The van der Waals surface area contributed by atoms with Gasteiger partial charge in [-0.05, 0) is 32.1 Å². The second-order valence-corrected chi connectivity index (χ2v) is 12.3. The molecule has 0 amide bonds. The minimum absolute atomic E-state index is 1.22. The van der Waals surface area contributed by atoms with Crippen LogP contribution in [0, 0.1) is 0 Å². The first kappa shape index (κ1) is 35.2. The Morgan fingerprint density at radius 1 is 0.447 bits per heavy atom. The van der Waals surface area contributed by atoms with E-state index in [0.717, 1.165) is 0 Å². The van der Waals surface area contributed by atoms with Crippen molar-refractivity contribution >= 4 is 0 Å². The standard InChI is InChI=1S/C36H71N2/c1-4-7-10-13-15-17-18-19-20-21-23-25-28-31-36-37(32-29-26-12-9-6-3)34-35-38(36)33-30-27-24-22-16-14-11-8-5-2/h34-35H,4-33H2,1-3H3/q+1. The lowest BCUT2D eigenvalue weighted by molar-refractivity contribution is -0.704. The minimum atomic E-state index is 1.22. The van der Waals surface area contributed by atoms with Gasteiger partial charge in [-0.2, -0.15) is 0 Å². The molecular weight excluding hydrogens is 460 g/mol. The van der Waals surface area contributed by atoms with Gasteiger partial charge in [0.25, 0.3) is 5.82 Å². The maximum Gasteiger partial charge on any atom is 0.256 e. The summed E-state index contributed by atoms with van der Waals surface area (Å²) in [6.07, 6.45) is 44.4. The summed E-state index contributed by atoms with van der Waals surface area (Å²) < 4.78 is 5.23. The SMILES string of the molecule is CCCCCCCCCCCCCCCc1n(CCCCCCCCCCC)cc[n+]1CCCCCCC. The van der Waals surface area contributed by atoms with Crippen LogP contribution in [0.2, 0.25) is 0 Å². The molecule has 1 rings (SSSR count). The van der Waals surface area contributed by atoms with Gasteiger partial charge in [-0.1, -0.05) is 162 Å². The molecule has 0 aliphatic heterocycles. The zero-order valence-electron chi connectivity index (χ0n) is 26.8. The van der Waals surface area contributed by atoms with Crippen LogP contribution in [-0.2, 0) is 19.5 Å². The lowest BCUT2D eigenvalue weighted by atomic mass is 10.0. The Labute approximate surface area is 240 Å². The molecule has 0 spiro atoms. The molecule has 224 valence electrons. The molecule has 1 aromatic heterocycles. The number of hydrogen-bond donors (Lipinski definition) is 0. The first-order chi connectivity index (χ1) is 18.8. The third-order valence-corrected chi connectivity index (χ3v) is 8.60. The van der Waals surface area contributed by atoms with Gasteiger partial charge in [-0.25, -0.2) is 9.13 Å². The Balaban J connectivity index is 2.26. The summed E-state index contributed by atoms with van der Waals surface area (Å²) in [6, 6.07) is 0. The second kappa shape index (κ2) is 27.8. The van der Waals surface area contributed by atoms with E-state index < -0.39 is 0 Å². The van der Waals surface area contributed by atoms with E-state index >= 15 is 0 Å². The first-order valence-electron chi connectivity index (χ1n) is 17.9. The molecule has 0 saturated carbocycles. The fraction of sp³-hybridized carbons (Fsp3) is 0.917. The van der Waals surface area contributed by atoms with E-state index in [-0.39, 0.29) is 0 Å². The van der Waals surface area contributed by atoms with Gasteiger partial charge in [-0.15, -0.1) is 0 Å². The molecule has 0 unspecified atom stereocenters. The number of unbranched alkanes of at least 4 members (excludes halogenated alkanes) is 24. The predicted molar refractivity (Wildman–Crippen MR) is 170 cm³/mol. The number of aryl methyl sites for hydroxylation is 2. The molecule has 1 aromatic rings. The van der Waals surface area contributed by atoms with Crippen LogP contribution in [0.15, 0.2) is 12.4 Å². The highest BCUT2D eigenvalue weighted by atomic mass is 15.1. The topological polar surface area (TPSA) is 8.81 Å². The van der Waals surface area contributed by atoms with Crippen LogP contribution in [0.4, 0.5) is 0 Å². The van der Waals surface area contributed by atoms with Crippen molar-refractivity contribution in [2.24, 2.45) is 0 Å². The highest BCUT2D eigenvalue weighted by Gasteiger charge is 2.16. The lowest BCUT2D eigenvalue weighted by Gasteiger charge is -2.07. The van der Waals surface area contributed by atoms with Crippen LogP contribution in [0.5, 0.6) is 0 Å². The van der Waals surface area contributed by atoms with Gasteiger partial charge in [0.15, 0.2) is 0 Å².